The Morgan fingerprint density at radius 2 is 2.00 bits per heavy atom. The summed E-state index contributed by atoms with van der Waals surface area (Å²) in [5.74, 6) is -0.0724. The van der Waals surface area contributed by atoms with E-state index in [9.17, 15) is 9.59 Å². The highest BCUT2D eigenvalue weighted by Gasteiger charge is 2.13. The Labute approximate surface area is 142 Å². The Morgan fingerprint density at radius 3 is 2.71 bits per heavy atom. The Balaban J connectivity index is 1.73. The van der Waals surface area contributed by atoms with Gasteiger partial charge in [0, 0.05) is 26.2 Å². The van der Waals surface area contributed by atoms with Gasteiger partial charge in [-0.3, -0.25) is 14.5 Å². The van der Waals surface area contributed by atoms with Gasteiger partial charge in [0.1, 0.15) is 12.2 Å². The molecule has 1 fully saturated rings. The van der Waals surface area contributed by atoms with E-state index < -0.39 is 0 Å². The third-order valence-electron chi connectivity index (χ3n) is 3.80. The third-order valence-corrected chi connectivity index (χ3v) is 3.80. The lowest BCUT2D eigenvalue weighted by molar-refractivity contribution is -0.126. The van der Waals surface area contributed by atoms with E-state index in [-0.39, 0.29) is 18.2 Å². The van der Waals surface area contributed by atoms with Crippen molar-refractivity contribution in [1.82, 2.24) is 10.2 Å². The number of anilines is 1. The Hall–Kier alpha value is -2.12. The second-order valence-electron chi connectivity index (χ2n) is 5.73. The monoisotopic (exact) mass is 335 g/mol. The molecule has 1 saturated heterocycles. The first kappa shape index (κ1) is 18.2. The van der Waals surface area contributed by atoms with Crippen LogP contribution in [0.1, 0.15) is 12.0 Å². The number of nitrogens with zero attached hydrogens (tertiary/aromatic N) is 1. The maximum absolute atomic E-state index is 12.0. The molecule has 0 bridgehead atoms. The van der Waals surface area contributed by atoms with E-state index in [0.29, 0.717) is 18.0 Å². The van der Waals surface area contributed by atoms with Crippen LogP contribution in [0.15, 0.2) is 18.2 Å². The van der Waals surface area contributed by atoms with Crippen LogP contribution in [0.25, 0.3) is 0 Å². The second-order valence-corrected chi connectivity index (χ2v) is 5.73. The molecule has 2 amide bonds. The summed E-state index contributed by atoms with van der Waals surface area (Å²) in [4.78, 5) is 26.1. The largest absolute Gasteiger partial charge is 0.495 e. The lowest BCUT2D eigenvalue weighted by Crippen LogP contribution is -2.41. The van der Waals surface area contributed by atoms with Crippen LogP contribution < -0.4 is 15.4 Å². The van der Waals surface area contributed by atoms with E-state index in [1.807, 2.05) is 19.1 Å². The van der Waals surface area contributed by atoms with E-state index in [0.717, 1.165) is 38.4 Å². The molecule has 1 aromatic rings. The zero-order valence-electron chi connectivity index (χ0n) is 14.3. The molecule has 1 heterocycles. The molecule has 7 heteroatoms. The predicted molar refractivity (Wildman–Crippen MR) is 91.2 cm³/mol. The van der Waals surface area contributed by atoms with Crippen molar-refractivity contribution in [3.63, 3.8) is 0 Å². The van der Waals surface area contributed by atoms with Gasteiger partial charge in [0.2, 0.25) is 11.8 Å². The molecule has 2 rings (SSSR count). The van der Waals surface area contributed by atoms with Crippen LogP contribution in [0.5, 0.6) is 5.75 Å². The highest BCUT2D eigenvalue weighted by molar-refractivity contribution is 6.04. The summed E-state index contributed by atoms with van der Waals surface area (Å²) in [5, 5.41) is 5.49. The molecule has 132 valence electrons. The molecular weight excluding hydrogens is 310 g/mol. The summed E-state index contributed by atoms with van der Waals surface area (Å²) in [6.07, 6.45) is -0.208. The molecule has 0 saturated carbocycles. The lowest BCUT2D eigenvalue weighted by Gasteiger charge is -2.26. The number of benzene rings is 1. The molecule has 0 spiro atoms. The minimum Gasteiger partial charge on any atom is -0.495 e. The Morgan fingerprint density at radius 1 is 1.25 bits per heavy atom. The van der Waals surface area contributed by atoms with Crippen LogP contribution >= 0.6 is 0 Å². The standard InChI is InChI=1S/C17H25N3O4/c1-13-3-4-15(23-2)14(11-13)19-17(22)12-16(21)18-5-6-20-7-9-24-10-8-20/h3-4,11H,5-10,12H2,1-2H3,(H,18,21)(H,19,22). The number of hydrogen-bond donors (Lipinski definition) is 2. The van der Waals surface area contributed by atoms with Crippen molar-refractivity contribution in [2.24, 2.45) is 0 Å². The van der Waals surface area contributed by atoms with Crippen LogP contribution in [-0.4, -0.2) is 63.2 Å². The zero-order valence-corrected chi connectivity index (χ0v) is 14.3. The summed E-state index contributed by atoms with van der Waals surface area (Å²) in [5.41, 5.74) is 1.57. The first-order valence-electron chi connectivity index (χ1n) is 8.10. The van der Waals surface area contributed by atoms with Crippen LogP contribution in [0.4, 0.5) is 5.69 Å². The average Bonchev–Trinajstić information content (AvgIpc) is 2.56. The Kier molecular flexibility index (Phi) is 7.02. The first-order valence-corrected chi connectivity index (χ1v) is 8.10. The number of amides is 2. The van der Waals surface area contributed by atoms with Crippen molar-refractivity contribution in [2.75, 3.05) is 51.8 Å². The lowest BCUT2D eigenvalue weighted by atomic mass is 10.2. The molecule has 0 atom stereocenters. The minimum absolute atomic E-state index is 0.208. The van der Waals surface area contributed by atoms with Crippen molar-refractivity contribution in [3.8, 4) is 5.75 Å². The van der Waals surface area contributed by atoms with Gasteiger partial charge in [-0.05, 0) is 24.6 Å². The molecule has 0 unspecified atom stereocenters. The maximum atomic E-state index is 12.0. The van der Waals surface area contributed by atoms with E-state index in [1.165, 1.54) is 0 Å². The number of nitrogens with one attached hydrogen (secondary N) is 2. The van der Waals surface area contributed by atoms with Crippen molar-refractivity contribution in [1.29, 1.82) is 0 Å². The van der Waals surface area contributed by atoms with Crippen molar-refractivity contribution in [3.05, 3.63) is 23.8 Å². The first-order chi connectivity index (χ1) is 11.6. The summed E-state index contributed by atoms with van der Waals surface area (Å²) in [6, 6.07) is 5.49. The summed E-state index contributed by atoms with van der Waals surface area (Å²) in [6.45, 7) is 6.44. The highest BCUT2D eigenvalue weighted by Crippen LogP contribution is 2.25. The van der Waals surface area contributed by atoms with Crippen LogP contribution in [0.3, 0.4) is 0 Å². The van der Waals surface area contributed by atoms with Crippen molar-refractivity contribution < 1.29 is 19.1 Å². The summed E-state index contributed by atoms with van der Waals surface area (Å²) >= 11 is 0. The van der Waals surface area contributed by atoms with E-state index in [1.54, 1.807) is 13.2 Å². The van der Waals surface area contributed by atoms with Gasteiger partial charge in [-0.2, -0.15) is 0 Å². The molecule has 24 heavy (non-hydrogen) atoms. The molecule has 2 N–H and O–H groups in total. The zero-order chi connectivity index (χ0) is 17.4. The second kappa shape index (κ2) is 9.24. The molecule has 1 aromatic carbocycles. The van der Waals surface area contributed by atoms with Gasteiger partial charge >= 0.3 is 0 Å². The molecule has 1 aliphatic heterocycles. The predicted octanol–water partition coefficient (Wildman–Crippen LogP) is 0.781. The topological polar surface area (TPSA) is 79.9 Å². The number of carbonyl (C=O) groups is 2. The van der Waals surface area contributed by atoms with E-state index in [4.69, 9.17) is 9.47 Å². The molecule has 1 aliphatic rings. The number of ether oxygens (including phenoxy) is 2. The molecule has 7 nitrogen and oxygen atoms in total. The van der Waals surface area contributed by atoms with E-state index in [2.05, 4.69) is 15.5 Å². The number of morpholine rings is 1. The molecule has 0 aromatic heterocycles. The minimum atomic E-state index is -0.359. The molecule has 0 aliphatic carbocycles. The number of rotatable bonds is 7. The SMILES string of the molecule is COc1ccc(C)cc1NC(=O)CC(=O)NCCN1CCOCC1. The summed E-state index contributed by atoms with van der Waals surface area (Å²) in [7, 11) is 1.54. The van der Waals surface area contributed by atoms with Crippen molar-refractivity contribution in [2.45, 2.75) is 13.3 Å². The van der Waals surface area contributed by atoms with Crippen LogP contribution in [0.2, 0.25) is 0 Å². The van der Waals surface area contributed by atoms with E-state index >= 15 is 0 Å². The molecule has 0 radical (unpaired) electrons. The van der Waals surface area contributed by atoms with Gasteiger partial charge in [-0.15, -0.1) is 0 Å². The smallest absolute Gasteiger partial charge is 0.233 e. The van der Waals surface area contributed by atoms with Gasteiger partial charge in [0.25, 0.3) is 0 Å². The number of aryl methyl sites for hydroxylation is 1. The van der Waals surface area contributed by atoms with Crippen LogP contribution in [-0.2, 0) is 14.3 Å². The maximum Gasteiger partial charge on any atom is 0.233 e. The Bertz CT molecular complexity index is 571. The third kappa shape index (κ3) is 5.82. The fourth-order valence-corrected chi connectivity index (χ4v) is 2.50. The average molecular weight is 335 g/mol. The van der Waals surface area contributed by atoms with Gasteiger partial charge in [-0.1, -0.05) is 6.07 Å². The fourth-order valence-electron chi connectivity index (χ4n) is 2.50. The number of carbonyl (C=O) groups excluding carboxylic acids is 2. The molecular formula is C17H25N3O4. The number of methoxy groups -OCH3 is 1. The van der Waals surface area contributed by atoms with Crippen LogP contribution in [0, 0.1) is 6.92 Å². The number of hydrogen-bond acceptors (Lipinski definition) is 5. The fraction of sp³-hybridized carbons (Fsp3) is 0.529. The van der Waals surface area contributed by atoms with Crippen molar-refractivity contribution >= 4 is 17.5 Å². The van der Waals surface area contributed by atoms with Gasteiger partial charge in [-0.25, -0.2) is 0 Å². The summed E-state index contributed by atoms with van der Waals surface area (Å²) < 4.78 is 10.5. The van der Waals surface area contributed by atoms with Gasteiger partial charge in [0.15, 0.2) is 0 Å². The van der Waals surface area contributed by atoms with Gasteiger partial charge in [0.05, 0.1) is 26.0 Å². The quantitative estimate of drug-likeness (QED) is 0.720. The normalized spacial score (nSPS) is 14.9. The van der Waals surface area contributed by atoms with Gasteiger partial charge < -0.3 is 20.1 Å². The highest BCUT2D eigenvalue weighted by atomic mass is 16.5.